The van der Waals surface area contributed by atoms with Crippen LogP contribution in [0.4, 0.5) is 0 Å². The number of hydrogen-bond acceptors (Lipinski definition) is 5. The van der Waals surface area contributed by atoms with Gasteiger partial charge in [-0.05, 0) is 41.5 Å². The van der Waals surface area contributed by atoms with Crippen molar-refractivity contribution in [3.63, 3.8) is 0 Å². The van der Waals surface area contributed by atoms with Crippen LogP contribution in [0.3, 0.4) is 0 Å². The summed E-state index contributed by atoms with van der Waals surface area (Å²) in [6, 6.07) is 33.0. The Morgan fingerprint density at radius 2 is 1.38 bits per heavy atom. The molecule has 0 fully saturated rings. The van der Waals surface area contributed by atoms with Crippen molar-refractivity contribution >= 4 is 11.8 Å². The minimum Gasteiger partial charge on any atom is -0.497 e. The Balaban J connectivity index is 1.62. The molecule has 4 rings (SSSR count). The predicted octanol–water partition coefficient (Wildman–Crippen LogP) is 5.04. The van der Waals surface area contributed by atoms with Crippen LogP contribution < -0.4 is 19.5 Å². The first-order chi connectivity index (χ1) is 19.6. The number of amides is 2. The molecule has 1 unspecified atom stereocenters. The number of methoxy groups -OCH3 is 2. The molecule has 206 valence electrons. The number of carbonyl (C=O) groups excluding carboxylic acids is 2. The summed E-state index contributed by atoms with van der Waals surface area (Å²) in [4.78, 5) is 29.1. The van der Waals surface area contributed by atoms with Crippen LogP contribution in [-0.4, -0.2) is 43.6 Å². The third kappa shape index (κ3) is 7.86. The molecular formula is C33H34N2O5. The Hall–Kier alpha value is -4.78. The average molecular weight is 539 g/mol. The summed E-state index contributed by atoms with van der Waals surface area (Å²) in [6.45, 7) is 0.283. The van der Waals surface area contributed by atoms with E-state index in [4.69, 9.17) is 14.2 Å². The molecule has 0 aliphatic carbocycles. The lowest BCUT2D eigenvalue weighted by Gasteiger charge is -2.31. The van der Waals surface area contributed by atoms with E-state index in [9.17, 15) is 9.59 Å². The van der Waals surface area contributed by atoms with E-state index in [1.54, 1.807) is 31.3 Å². The standard InChI is InChI=1S/C33H34N2O5/c1-38-28-19-17-26(18-20-28)23-35(32(36)24-40-29-14-7-4-8-15-29)30(21-25-11-5-3-6-12-25)33(37)34-22-27-13-9-10-16-31(27)39-2/h3-20,30H,21-24H2,1-2H3,(H,34,37). The lowest BCUT2D eigenvalue weighted by Crippen LogP contribution is -2.51. The Kier molecular flexibility index (Phi) is 10.2. The van der Waals surface area contributed by atoms with Crippen molar-refractivity contribution in [2.45, 2.75) is 25.6 Å². The van der Waals surface area contributed by atoms with Gasteiger partial charge in [0.1, 0.15) is 23.3 Å². The molecule has 0 saturated heterocycles. The number of carbonyl (C=O) groups is 2. The molecule has 2 amide bonds. The summed E-state index contributed by atoms with van der Waals surface area (Å²) in [5.74, 6) is 1.42. The van der Waals surface area contributed by atoms with Crippen LogP contribution in [0.25, 0.3) is 0 Å². The van der Waals surface area contributed by atoms with Gasteiger partial charge < -0.3 is 24.4 Å². The van der Waals surface area contributed by atoms with E-state index >= 15 is 0 Å². The van der Waals surface area contributed by atoms with Crippen molar-refractivity contribution < 1.29 is 23.8 Å². The Morgan fingerprint density at radius 3 is 2.05 bits per heavy atom. The summed E-state index contributed by atoms with van der Waals surface area (Å²) in [5.41, 5.74) is 2.65. The van der Waals surface area contributed by atoms with E-state index in [0.29, 0.717) is 23.7 Å². The highest BCUT2D eigenvalue weighted by Crippen LogP contribution is 2.20. The first kappa shape index (κ1) is 28.2. The van der Waals surface area contributed by atoms with Crippen LogP contribution in [0, 0.1) is 0 Å². The summed E-state index contributed by atoms with van der Waals surface area (Å²) in [7, 11) is 3.20. The zero-order valence-corrected chi connectivity index (χ0v) is 22.8. The van der Waals surface area contributed by atoms with E-state index in [2.05, 4.69) is 5.32 Å². The van der Waals surface area contributed by atoms with E-state index in [1.165, 1.54) is 0 Å². The summed E-state index contributed by atoms with van der Waals surface area (Å²) in [5, 5.41) is 3.03. The van der Waals surface area contributed by atoms with Crippen LogP contribution in [0.1, 0.15) is 16.7 Å². The number of para-hydroxylation sites is 2. The van der Waals surface area contributed by atoms with Crippen molar-refractivity contribution in [2.24, 2.45) is 0 Å². The fourth-order valence-electron chi connectivity index (χ4n) is 4.38. The monoisotopic (exact) mass is 538 g/mol. The molecule has 0 aliphatic rings. The predicted molar refractivity (Wildman–Crippen MR) is 154 cm³/mol. The topological polar surface area (TPSA) is 77.1 Å². The van der Waals surface area contributed by atoms with E-state index < -0.39 is 6.04 Å². The molecule has 0 bridgehead atoms. The summed E-state index contributed by atoms with van der Waals surface area (Å²) >= 11 is 0. The smallest absolute Gasteiger partial charge is 0.261 e. The van der Waals surface area contributed by atoms with E-state index in [0.717, 1.165) is 16.7 Å². The summed E-state index contributed by atoms with van der Waals surface area (Å²) in [6.07, 6.45) is 0.339. The van der Waals surface area contributed by atoms with Crippen LogP contribution in [-0.2, 0) is 29.1 Å². The Bertz CT molecular complexity index is 1360. The molecule has 1 atom stereocenters. The number of rotatable bonds is 13. The van der Waals surface area contributed by atoms with Gasteiger partial charge in [-0.25, -0.2) is 0 Å². The second kappa shape index (κ2) is 14.4. The molecule has 0 spiro atoms. The van der Waals surface area contributed by atoms with Gasteiger partial charge in [-0.15, -0.1) is 0 Å². The van der Waals surface area contributed by atoms with Crippen LogP contribution in [0.5, 0.6) is 17.2 Å². The molecule has 4 aromatic carbocycles. The van der Waals surface area contributed by atoms with Crippen molar-refractivity contribution in [3.05, 3.63) is 126 Å². The van der Waals surface area contributed by atoms with Crippen LogP contribution >= 0.6 is 0 Å². The largest absolute Gasteiger partial charge is 0.497 e. The fraction of sp³-hybridized carbons (Fsp3) is 0.212. The minimum atomic E-state index is -0.786. The van der Waals surface area contributed by atoms with Gasteiger partial charge in [-0.1, -0.05) is 78.9 Å². The van der Waals surface area contributed by atoms with Crippen molar-refractivity contribution in [3.8, 4) is 17.2 Å². The highest BCUT2D eigenvalue weighted by Gasteiger charge is 2.31. The molecule has 0 radical (unpaired) electrons. The third-order valence-electron chi connectivity index (χ3n) is 6.53. The van der Waals surface area contributed by atoms with Gasteiger partial charge >= 0.3 is 0 Å². The van der Waals surface area contributed by atoms with E-state index in [1.807, 2.05) is 97.1 Å². The second-order valence-corrected chi connectivity index (χ2v) is 9.21. The lowest BCUT2D eigenvalue weighted by molar-refractivity contribution is -0.142. The molecule has 0 heterocycles. The molecule has 0 aromatic heterocycles. The maximum atomic E-state index is 13.8. The minimum absolute atomic E-state index is 0.203. The highest BCUT2D eigenvalue weighted by atomic mass is 16.5. The van der Waals surface area contributed by atoms with Gasteiger partial charge in [0.05, 0.1) is 14.2 Å². The highest BCUT2D eigenvalue weighted by molar-refractivity contribution is 5.88. The zero-order valence-electron chi connectivity index (χ0n) is 22.8. The number of ether oxygens (including phenoxy) is 3. The van der Waals surface area contributed by atoms with Gasteiger partial charge in [-0.3, -0.25) is 9.59 Å². The number of benzene rings is 4. The van der Waals surface area contributed by atoms with Crippen LogP contribution in [0.2, 0.25) is 0 Å². The lowest BCUT2D eigenvalue weighted by atomic mass is 10.0. The Morgan fingerprint density at radius 1 is 0.725 bits per heavy atom. The van der Waals surface area contributed by atoms with Crippen LogP contribution in [0.15, 0.2) is 109 Å². The van der Waals surface area contributed by atoms with Gasteiger partial charge in [0.15, 0.2) is 6.61 Å². The van der Waals surface area contributed by atoms with Gasteiger partial charge in [-0.2, -0.15) is 0 Å². The second-order valence-electron chi connectivity index (χ2n) is 9.21. The maximum Gasteiger partial charge on any atom is 0.261 e. The number of nitrogens with zero attached hydrogens (tertiary/aromatic N) is 1. The molecule has 1 N–H and O–H groups in total. The molecule has 7 nitrogen and oxygen atoms in total. The SMILES string of the molecule is COc1ccc(CN(C(=O)COc2ccccc2)C(Cc2ccccc2)C(=O)NCc2ccccc2OC)cc1. The molecular weight excluding hydrogens is 504 g/mol. The quantitative estimate of drug-likeness (QED) is 0.258. The van der Waals surface area contributed by atoms with Gasteiger partial charge in [0.2, 0.25) is 5.91 Å². The first-order valence-electron chi connectivity index (χ1n) is 13.1. The van der Waals surface area contributed by atoms with Crippen molar-refractivity contribution in [2.75, 3.05) is 20.8 Å². The molecule has 40 heavy (non-hydrogen) atoms. The average Bonchev–Trinajstić information content (AvgIpc) is 3.01. The zero-order chi connectivity index (χ0) is 28.2. The number of hydrogen-bond donors (Lipinski definition) is 1. The van der Waals surface area contributed by atoms with Crippen molar-refractivity contribution in [1.82, 2.24) is 10.2 Å². The Labute approximate surface area is 235 Å². The molecule has 7 heteroatoms. The summed E-state index contributed by atoms with van der Waals surface area (Å²) < 4.78 is 16.5. The van der Waals surface area contributed by atoms with Gasteiger partial charge in [0, 0.05) is 25.1 Å². The van der Waals surface area contributed by atoms with Crippen molar-refractivity contribution in [1.29, 1.82) is 0 Å². The molecule has 4 aromatic rings. The normalized spacial score (nSPS) is 11.2. The third-order valence-corrected chi connectivity index (χ3v) is 6.53. The fourth-order valence-corrected chi connectivity index (χ4v) is 4.38. The van der Waals surface area contributed by atoms with Gasteiger partial charge in [0.25, 0.3) is 5.91 Å². The number of nitrogens with one attached hydrogen (secondary N) is 1. The molecule has 0 saturated carbocycles. The first-order valence-corrected chi connectivity index (χ1v) is 13.1. The maximum absolute atomic E-state index is 13.8. The van der Waals surface area contributed by atoms with E-state index in [-0.39, 0.29) is 31.5 Å². The molecule has 0 aliphatic heterocycles.